The summed E-state index contributed by atoms with van der Waals surface area (Å²) in [5.74, 6) is -0.499. The van der Waals surface area contributed by atoms with E-state index in [9.17, 15) is 14.4 Å². The van der Waals surface area contributed by atoms with Crippen molar-refractivity contribution in [2.24, 2.45) is 0 Å². The minimum Gasteiger partial charge on any atom is -0.462 e. The highest BCUT2D eigenvalue weighted by Crippen LogP contribution is 2.43. The number of hydrogen-bond donors (Lipinski definition) is 2. The first-order chi connectivity index (χ1) is 21.0. The summed E-state index contributed by atoms with van der Waals surface area (Å²) in [6.45, 7) is 4.40. The average molecular weight is 614 g/mol. The Balaban J connectivity index is 1.22. The van der Waals surface area contributed by atoms with E-state index in [-0.39, 0.29) is 34.4 Å². The smallest absolute Gasteiger partial charge is 0.338 e. The number of urea groups is 1. The second-order valence-corrected chi connectivity index (χ2v) is 12.7. The lowest BCUT2D eigenvalue weighted by molar-refractivity contribution is -0.115. The summed E-state index contributed by atoms with van der Waals surface area (Å²) < 4.78 is 5.25. The van der Waals surface area contributed by atoms with Crippen molar-refractivity contribution in [2.75, 3.05) is 22.1 Å². The van der Waals surface area contributed by atoms with Gasteiger partial charge in [0.1, 0.15) is 0 Å². The summed E-state index contributed by atoms with van der Waals surface area (Å²) in [7, 11) is 0. The molecule has 3 atom stereocenters. The minimum atomic E-state index is -0.365. The van der Waals surface area contributed by atoms with E-state index >= 15 is 0 Å². The molecule has 1 heterocycles. The van der Waals surface area contributed by atoms with Crippen molar-refractivity contribution in [2.45, 2.75) is 59.4 Å². The van der Waals surface area contributed by atoms with Gasteiger partial charge in [0.15, 0.2) is 0 Å². The SMILES string of the molecule is CCCCOC(=O)c1ccc(NC(=O)C(CC)Sc2cccc(NC(=O)N3c4ccccc4SC4C=CC=CC43)c2)cc1. The lowest BCUT2D eigenvalue weighted by Gasteiger charge is -2.40. The Morgan fingerprint density at radius 3 is 2.51 bits per heavy atom. The molecule has 9 heteroatoms. The molecule has 0 radical (unpaired) electrons. The van der Waals surface area contributed by atoms with Crippen molar-refractivity contribution in [1.29, 1.82) is 0 Å². The van der Waals surface area contributed by atoms with E-state index in [4.69, 9.17) is 4.74 Å². The van der Waals surface area contributed by atoms with Gasteiger partial charge in [-0.1, -0.05) is 62.8 Å². The molecule has 1 aliphatic heterocycles. The van der Waals surface area contributed by atoms with E-state index in [2.05, 4.69) is 22.8 Å². The number of thioether (sulfide) groups is 2. The molecule has 0 bridgehead atoms. The van der Waals surface area contributed by atoms with E-state index in [1.54, 1.807) is 36.0 Å². The van der Waals surface area contributed by atoms with Crippen molar-refractivity contribution in [3.05, 3.63) is 103 Å². The molecule has 1 aliphatic carbocycles. The molecule has 0 saturated carbocycles. The second kappa shape index (κ2) is 14.5. The number of ether oxygens (including phenoxy) is 1. The van der Waals surface area contributed by atoms with Crippen LogP contribution in [0.4, 0.5) is 21.9 Å². The zero-order valence-corrected chi connectivity index (χ0v) is 25.8. The van der Waals surface area contributed by atoms with Crippen LogP contribution in [0, 0.1) is 0 Å². The highest BCUT2D eigenvalue weighted by molar-refractivity contribution is 8.00. The van der Waals surface area contributed by atoms with Crippen LogP contribution in [0.5, 0.6) is 0 Å². The van der Waals surface area contributed by atoms with Gasteiger partial charge < -0.3 is 15.4 Å². The molecule has 43 heavy (non-hydrogen) atoms. The number of nitrogens with zero attached hydrogens (tertiary/aromatic N) is 1. The fourth-order valence-corrected chi connectivity index (χ4v) is 7.12. The number of carbonyl (C=O) groups excluding carboxylic acids is 3. The number of nitrogens with one attached hydrogen (secondary N) is 2. The van der Waals surface area contributed by atoms with Crippen molar-refractivity contribution >= 4 is 58.5 Å². The number of carbonyl (C=O) groups is 3. The first-order valence-corrected chi connectivity index (χ1v) is 16.3. The summed E-state index contributed by atoms with van der Waals surface area (Å²) in [5, 5.41) is 5.83. The van der Waals surface area contributed by atoms with Crippen molar-refractivity contribution in [1.82, 2.24) is 0 Å². The number of amides is 3. The van der Waals surface area contributed by atoms with Gasteiger partial charge in [-0.05, 0) is 67.4 Å². The highest BCUT2D eigenvalue weighted by atomic mass is 32.2. The molecular formula is C34H35N3O4S2. The number of allylic oxidation sites excluding steroid dienone is 2. The monoisotopic (exact) mass is 613 g/mol. The van der Waals surface area contributed by atoms with E-state index in [1.165, 1.54) is 11.8 Å². The lowest BCUT2D eigenvalue weighted by atomic mass is 10.1. The summed E-state index contributed by atoms with van der Waals surface area (Å²) in [4.78, 5) is 42.7. The minimum absolute atomic E-state index is 0.0867. The van der Waals surface area contributed by atoms with Crippen LogP contribution in [0.1, 0.15) is 43.5 Å². The number of anilines is 3. The topological polar surface area (TPSA) is 87.7 Å². The number of fused-ring (bicyclic) bond motifs is 2. The molecule has 2 aliphatic rings. The van der Waals surface area contributed by atoms with Crippen LogP contribution in [-0.4, -0.2) is 41.1 Å². The Bertz CT molecular complexity index is 1520. The summed E-state index contributed by atoms with van der Waals surface area (Å²) in [6, 6.07) is 22.0. The number of benzene rings is 3. The van der Waals surface area contributed by atoms with E-state index in [0.717, 1.165) is 28.3 Å². The van der Waals surface area contributed by atoms with Crippen LogP contribution in [0.15, 0.2) is 107 Å². The maximum Gasteiger partial charge on any atom is 0.338 e. The van der Waals surface area contributed by atoms with E-state index in [1.807, 2.05) is 79.4 Å². The average Bonchev–Trinajstić information content (AvgIpc) is 3.03. The molecule has 3 amide bonds. The molecule has 0 spiro atoms. The first-order valence-electron chi connectivity index (χ1n) is 14.5. The lowest BCUT2D eigenvalue weighted by Crippen LogP contribution is -2.49. The Morgan fingerprint density at radius 2 is 1.72 bits per heavy atom. The van der Waals surface area contributed by atoms with Crippen molar-refractivity contribution < 1.29 is 19.1 Å². The fourth-order valence-electron chi connectivity index (χ4n) is 4.85. The van der Waals surface area contributed by atoms with Gasteiger partial charge in [-0.15, -0.1) is 23.5 Å². The molecule has 0 aromatic heterocycles. The zero-order chi connectivity index (χ0) is 30.2. The van der Waals surface area contributed by atoms with E-state index < -0.39 is 0 Å². The van der Waals surface area contributed by atoms with Gasteiger partial charge in [-0.25, -0.2) is 9.59 Å². The summed E-state index contributed by atoms with van der Waals surface area (Å²) in [5.41, 5.74) is 2.61. The van der Waals surface area contributed by atoms with Gasteiger partial charge in [-0.2, -0.15) is 0 Å². The molecule has 5 rings (SSSR count). The third-order valence-electron chi connectivity index (χ3n) is 7.11. The second-order valence-electron chi connectivity index (χ2n) is 10.2. The third-order valence-corrected chi connectivity index (χ3v) is 9.77. The van der Waals surface area contributed by atoms with E-state index in [0.29, 0.717) is 30.0 Å². The summed E-state index contributed by atoms with van der Waals surface area (Å²) >= 11 is 3.21. The molecular weight excluding hydrogens is 579 g/mol. The molecule has 0 saturated heterocycles. The number of hydrogen-bond acceptors (Lipinski definition) is 6. The maximum atomic E-state index is 13.7. The van der Waals surface area contributed by atoms with Crippen LogP contribution in [-0.2, 0) is 9.53 Å². The molecule has 3 aromatic carbocycles. The molecule has 3 aromatic rings. The predicted molar refractivity (Wildman–Crippen MR) is 176 cm³/mol. The normalized spacial score (nSPS) is 17.4. The number of para-hydroxylation sites is 1. The van der Waals surface area contributed by atoms with Crippen LogP contribution < -0.4 is 15.5 Å². The fraction of sp³-hybridized carbons (Fsp3) is 0.265. The molecule has 222 valence electrons. The Morgan fingerprint density at radius 1 is 0.930 bits per heavy atom. The zero-order valence-electron chi connectivity index (χ0n) is 24.2. The van der Waals surface area contributed by atoms with Crippen molar-refractivity contribution in [3.63, 3.8) is 0 Å². The predicted octanol–water partition coefficient (Wildman–Crippen LogP) is 8.16. The van der Waals surface area contributed by atoms with Crippen LogP contribution in [0.25, 0.3) is 0 Å². The Labute approximate surface area is 261 Å². The Kier molecular flexibility index (Phi) is 10.3. The molecule has 0 fully saturated rings. The Hall–Kier alpha value is -3.95. The molecule has 2 N–H and O–H groups in total. The number of esters is 1. The highest BCUT2D eigenvalue weighted by Gasteiger charge is 2.36. The van der Waals surface area contributed by atoms with Crippen LogP contribution in [0.3, 0.4) is 0 Å². The number of rotatable bonds is 10. The van der Waals surface area contributed by atoms with Gasteiger partial charge in [0, 0.05) is 21.2 Å². The van der Waals surface area contributed by atoms with Gasteiger partial charge >= 0.3 is 12.0 Å². The standard InChI is InChI=1S/C34H35N3O4S2/c1-3-5-21-41-33(39)23-17-19-24(20-18-23)35-32(38)29(4-2)42-26-12-10-11-25(22-26)36-34(40)37-27-13-6-8-15-30(27)43-31-16-9-7-14-28(31)37/h6-20,22,27,29-30H,3-5,21H2,1-2H3,(H,35,38)(H,36,40). The molecule has 7 nitrogen and oxygen atoms in total. The molecule has 3 unspecified atom stereocenters. The first kappa shape index (κ1) is 30.5. The summed E-state index contributed by atoms with van der Waals surface area (Å²) in [6.07, 6.45) is 10.6. The van der Waals surface area contributed by atoms with Gasteiger partial charge in [0.2, 0.25) is 5.91 Å². The maximum absolute atomic E-state index is 13.7. The quantitative estimate of drug-likeness (QED) is 0.136. The van der Waals surface area contributed by atoms with Crippen molar-refractivity contribution in [3.8, 4) is 0 Å². The third kappa shape index (κ3) is 7.53. The van der Waals surface area contributed by atoms with Gasteiger partial charge in [0.25, 0.3) is 0 Å². The van der Waals surface area contributed by atoms with Crippen LogP contribution in [0.2, 0.25) is 0 Å². The van der Waals surface area contributed by atoms with Gasteiger partial charge in [-0.3, -0.25) is 9.69 Å². The van der Waals surface area contributed by atoms with Crippen LogP contribution >= 0.6 is 23.5 Å². The number of unbranched alkanes of at least 4 members (excludes halogenated alkanes) is 1. The van der Waals surface area contributed by atoms with Gasteiger partial charge in [0.05, 0.1) is 34.4 Å². The largest absolute Gasteiger partial charge is 0.462 e.